The number of ether oxygens (including phenoxy) is 1. The Morgan fingerprint density at radius 1 is 1.21 bits per heavy atom. The van der Waals surface area contributed by atoms with Crippen LogP contribution >= 0.6 is 24.0 Å². The van der Waals surface area contributed by atoms with E-state index in [1.807, 2.05) is 36.5 Å². The molecule has 1 aromatic carbocycles. The number of hydrogen-bond acceptors (Lipinski definition) is 5. The predicted molar refractivity (Wildman–Crippen MR) is 125 cm³/mol. The molecule has 0 bridgehead atoms. The molecule has 0 saturated carbocycles. The van der Waals surface area contributed by atoms with Crippen LogP contribution in [0.2, 0.25) is 0 Å². The number of rotatable bonds is 6. The number of piperazine rings is 1. The number of pyridine rings is 1. The summed E-state index contributed by atoms with van der Waals surface area (Å²) in [6.45, 7) is 5.14. The molecule has 0 unspecified atom stereocenters. The first-order chi connectivity index (χ1) is 13.2. The molecule has 152 valence electrons. The molecular formula is C20H29IN6O. The minimum Gasteiger partial charge on any atom is -0.380 e. The first-order valence-corrected chi connectivity index (χ1v) is 9.18. The molecule has 0 atom stereocenters. The number of halogens is 1. The van der Waals surface area contributed by atoms with Gasteiger partial charge in [0.15, 0.2) is 5.96 Å². The van der Waals surface area contributed by atoms with E-state index >= 15 is 0 Å². The Bertz CT molecular complexity index is 777. The summed E-state index contributed by atoms with van der Waals surface area (Å²) >= 11 is 0. The van der Waals surface area contributed by atoms with Crippen molar-refractivity contribution in [3.8, 4) is 0 Å². The molecule has 0 amide bonds. The van der Waals surface area contributed by atoms with Crippen molar-refractivity contribution in [2.75, 3.05) is 50.6 Å². The second kappa shape index (κ2) is 11.2. The third kappa shape index (κ3) is 6.32. The van der Waals surface area contributed by atoms with Crippen molar-refractivity contribution in [3.05, 3.63) is 53.7 Å². The van der Waals surface area contributed by atoms with Gasteiger partial charge in [-0.2, -0.15) is 0 Å². The topological polar surface area (TPSA) is 79.0 Å². The second-order valence-corrected chi connectivity index (χ2v) is 6.73. The molecule has 8 heteroatoms. The van der Waals surface area contributed by atoms with Crippen LogP contribution in [0.15, 0.2) is 47.6 Å². The van der Waals surface area contributed by atoms with Gasteiger partial charge in [-0.15, -0.1) is 24.0 Å². The van der Waals surface area contributed by atoms with Crippen LogP contribution in [0.5, 0.6) is 0 Å². The van der Waals surface area contributed by atoms with E-state index in [1.165, 1.54) is 0 Å². The molecule has 0 aliphatic carbocycles. The van der Waals surface area contributed by atoms with Gasteiger partial charge < -0.3 is 25.6 Å². The van der Waals surface area contributed by atoms with Gasteiger partial charge in [-0.1, -0.05) is 18.2 Å². The van der Waals surface area contributed by atoms with Gasteiger partial charge in [0, 0.05) is 50.7 Å². The number of nitrogens with two attached hydrogens (primary N) is 1. The summed E-state index contributed by atoms with van der Waals surface area (Å²) in [7, 11) is 3.83. The lowest BCUT2D eigenvalue weighted by atomic mass is 10.2. The third-order valence-electron chi connectivity index (χ3n) is 4.65. The van der Waals surface area contributed by atoms with Gasteiger partial charge in [0.1, 0.15) is 5.82 Å². The average Bonchev–Trinajstić information content (AvgIpc) is 2.69. The van der Waals surface area contributed by atoms with Crippen molar-refractivity contribution in [3.63, 3.8) is 0 Å². The molecule has 7 nitrogen and oxygen atoms in total. The summed E-state index contributed by atoms with van der Waals surface area (Å²) in [6, 6.07) is 12.0. The molecule has 3 N–H and O–H groups in total. The van der Waals surface area contributed by atoms with E-state index in [0.717, 1.165) is 48.8 Å². The molecule has 2 heterocycles. The van der Waals surface area contributed by atoms with E-state index in [1.54, 1.807) is 7.11 Å². The largest absolute Gasteiger partial charge is 0.380 e. The van der Waals surface area contributed by atoms with Gasteiger partial charge in [0.2, 0.25) is 0 Å². The van der Waals surface area contributed by atoms with Crippen LogP contribution in [0.1, 0.15) is 11.1 Å². The lowest BCUT2D eigenvalue weighted by Crippen LogP contribution is -2.44. The maximum atomic E-state index is 6.08. The molecule has 1 saturated heterocycles. The maximum Gasteiger partial charge on any atom is 0.193 e. The highest BCUT2D eigenvalue weighted by Gasteiger charge is 2.15. The third-order valence-corrected chi connectivity index (χ3v) is 4.65. The minimum atomic E-state index is 0. The Morgan fingerprint density at radius 2 is 1.96 bits per heavy atom. The smallest absolute Gasteiger partial charge is 0.193 e. The Hall–Kier alpha value is -1.91. The zero-order valence-corrected chi connectivity index (χ0v) is 18.8. The number of benzene rings is 1. The highest BCUT2D eigenvalue weighted by Crippen LogP contribution is 2.17. The van der Waals surface area contributed by atoms with Crippen molar-refractivity contribution >= 4 is 41.4 Å². The Kier molecular flexibility index (Phi) is 8.94. The lowest BCUT2D eigenvalue weighted by Gasteiger charge is -2.33. The molecule has 0 spiro atoms. The van der Waals surface area contributed by atoms with Gasteiger partial charge in [-0.05, 0) is 30.8 Å². The monoisotopic (exact) mass is 496 g/mol. The number of aromatic nitrogens is 1. The second-order valence-electron chi connectivity index (χ2n) is 6.73. The summed E-state index contributed by atoms with van der Waals surface area (Å²) < 4.78 is 5.22. The summed E-state index contributed by atoms with van der Waals surface area (Å²) in [5, 5.41) is 3.16. The number of aliphatic imine (C=N–C) groups is 1. The van der Waals surface area contributed by atoms with Crippen molar-refractivity contribution in [1.82, 2.24) is 9.88 Å². The van der Waals surface area contributed by atoms with Crippen molar-refractivity contribution < 1.29 is 4.74 Å². The SMILES string of the molecule is COCc1ccccc1NC(N)=NCc1ccnc(N2CCN(C)CC2)c1.I. The fourth-order valence-corrected chi connectivity index (χ4v) is 3.04. The number of hydrogen-bond donors (Lipinski definition) is 2. The van der Waals surface area contributed by atoms with Crippen LogP contribution in [-0.4, -0.2) is 56.2 Å². The van der Waals surface area contributed by atoms with Gasteiger partial charge in [0.05, 0.1) is 13.2 Å². The zero-order valence-electron chi connectivity index (χ0n) is 16.5. The van der Waals surface area contributed by atoms with Crippen LogP contribution in [0, 0.1) is 0 Å². The van der Waals surface area contributed by atoms with E-state index in [9.17, 15) is 0 Å². The van der Waals surface area contributed by atoms with Crippen LogP contribution < -0.4 is 16.0 Å². The first kappa shape index (κ1) is 22.4. The highest BCUT2D eigenvalue weighted by atomic mass is 127. The van der Waals surface area contributed by atoms with E-state index in [-0.39, 0.29) is 24.0 Å². The first-order valence-electron chi connectivity index (χ1n) is 9.18. The molecule has 1 aliphatic heterocycles. The Balaban J connectivity index is 0.00000280. The molecule has 28 heavy (non-hydrogen) atoms. The Morgan fingerprint density at radius 3 is 2.71 bits per heavy atom. The normalized spacial score (nSPS) is 15.2. The molecule has 2 aromatic rings. The van der Waals surface area contributed by atoms with Crippen LogP contribution in [0.25, 0.3) is 0 Å². The molecule has 1 aromatic heterocycles. The van der Waals surface area contributed by atoms with Crippen molar-refractivity contribution in [2.24, 2.45) is 10.7 Å². The van der Waals surface area contributed by atoms with Crippen LogP contribution in [-0.2, 0) is 17.9 Å². The number of nitrogens with one attached hydrogen (secondary N) is 1. The Labute approximate surface area is 184 Å². The van der Waals surface area contributed by atoms with E-state index in [2.05, 4.69) is 38.2 Å². The summed E-state index contributed by atoms with van der Waals surface area (Å²) in [6.07, 6.45) is 1.84. The van der Waals surface area contributed by atoms with Gasteiger partial charge >= 0.3 is 0 Å². The highest BCUT2D eigenvalue weighted by molar-refractivity contribution is 14.0. The summed E-state index contributed by atoms with van der Waals surface area (Å²) in [5.41, 5.74) is 9.12. The van der Waals surface area contributed by atoms with E-state index < -0.39 is 0 Å². The lowest BCUT2D eigenvalue weighted by molar-refractivity contribution is 0.185. The van der Waals surface area contributed by atoms with E-state index in [0.29, 0.717) is 19.1 Å². The number of anilines is 2. The molecule has 1 aliphatic rings. The predicted octanol–water partition coefficient (Wildman–Crippen LogP) is 2.52. The average molecular weight is 496 g/mol. The van der Waals surface area contributed by atoms with Crippen LogP contribution in [0.4, 0.5) is 11.5 Å². The van der Waals surface area contributed by atoms with Crippen molar-refractivity contribution in [1.29, 1.82) is 0 Å². The zero-order chi connectivity index (χ0) is 19.1. The quantitative estimate of drug-likeness (QED) is 0.364. The fourth-order valence-electron chi connectivity index (χ4n) is 3.04. The maximum absolute atomic E-state index is 6.08. The number of guanidine groups is 1. The molecule has 3 rings (SSSR count). The number of likely N-dealkylation sites (N-methyl/N-ethyl adjacent to an activating group) is 1. The standard InChI is InChI=1S/C20H28N6O.HI/c1-25-9-11-26(12-10-25)19-13-16(7-8-22-19)14-23-20(21)24-18-6-4-3-5-17(18)15-27-2;/h3-8,13H,9-12,14-15H2,1-2H3,(H3,21,23,24);1H. The molecular weight excluding hydrogens is 467 g/mol. The number of nitrogens with zero attached hydrogens (tertiary/aromatic N) is 4. The molecule has 1 fully saturated rings. The number of para-hydroxylation sites is 1. The van der Waals surface area contributed by atoms with Gasteiger partial charge in [-0.25, -0.2) is 9.98 Å². The molecule has 0 radical (unpaired) electrons. The number of methoxy groups -OCH3 is 1. The van der Waals surface area contributed by atoms with Crippen molar-refractivity contribution in [2.45, 2.75) is 13.2 Å². The minimum absolute atomic E-state index is 0. The van der Waals surface area contributed by atoms with E-state index in [4.69, 9.17) is 10.5 Å². The fraction of sp³-hybridized carbons (Fsp3) is 0.400. The van der Waals surface area contributed by atoms with Gasteiger partial charge in [0.25, 0.3) is 0 Å². The summed E-state index contributed by atoms with van der Waals surface area (Å²) in [5.74, 6) is 1.39. The summed E-state index contributed by atoms with van der Waals surface area (Å²) in [4.78, 5) is 13.6. The van der Waals surface area contributed by atoms with Crippen LogP contribution in [0.3, 0.4) is 0 Å². The van der Waals surface area contributed by atoms with Gasteiger partial charge in [-0.3, -0.25) is 0 Å².